The zero-order chi connectivity index (χ0) is 18.2. The number of halogens is 4. The summed E-state index contributed by atoms with van der Waals surface area (Å²) < 4.78 is 38.5. The maximum absolute atomic E-state index is 12.8. The second-order valence-electron chi connectivity index (χ2n) is 5.33. The minimum absolute atomic E-state index is 0.0207. The molecule has 1 heterocycles. The lowest BCUT2D eigenvalue weighted by Gasteiger charge is -2.12. The molecule has 0 bridgehead atoms. The molecule has 0 spiro atoms. The number of carbonyl (C=O) groups is 1. The van der Waals surface area contributed by atoms with E-state index in [1.54, 1.807) is 25.1 Å². The molecule has 0 aliphatic carbocycles. The van der Waals surface area contributed by atoms with E-state index in [4.69, 9.17) is 11.6 Å². The van der Waals surface area contributed by atoms with Crippen molar-refractivity contribution in [1.29, 1.82) is 0 Å². The molecule has 0 saturated carbocycles. The molecular formula is C16H12ClF3N4O. The minimum Gasteiger partial charge on any atom is -0.342 e. The first kappa shape index (κ1) is 17.1. The number of carbonyl (C=O) groups excluding carboxylic acids is 1. The second-order valence-corrected chi connectivity index (χ2v) is 5.73. The Bertz CT molecular complexity index is 952. The predicted molar refractivity (Wildman–Crippen MR) is 89.9 cm³/mol. The first-order chi connectivity index (χ1) is 11.7. The van der Waals surface area contributed by atoms with Gasteiger partial charge in [0, 0.05) is 11.4 Å². The smallest absolute Gasteiger partial charge is 0.342 e. The Morgan fingerprint density at radius 1 is 1.12 bits per heavy atom. The van der Waals surface area contributed by atoms with E-state index in [-0.39, 0.29) is 5.69 Å². The number of anilines is 2. The van der Waals surface area contributed by atoms with Crippen molar-refractivity contribution in [3.05, 3.63) is 52.8 Å². The monoisotopic (exact) mass is 368 g/mol. The van der Waals surface area contributed by atoms with Crippen LogP contribution in [0.25, 0.3) is 11.0 Å². The van der Waals surface area contributed by atoms with Gasteiger partial charge in [-0.3, -0.25) is 0 Å². The number of rotatable bonds is 2. The molecule has 0 atom stereocenters. The van der Waals surface area contributed by atoms with Crippen molar-refractivity contribution in [2.24, 2.45) is 0 Å². The zero-order valence-corrected chi connectivity index (χ0v) is 13.6. The van der Waals surface area contributed by atoms with Gasteiger partial charge in [-0.1, -0.05) is 11.6 Å². The van der Waals surface area contributed by atoms with Crippen LogP contribution in [0.3, 0.4) is 0 Å². The highest BCUT2D eigenvalue weighted by Gasteiger charge is 2.33. The first-order valence-corrected chi connectivity index (χ1v) is 7.51. The number of hydrogen-bond acceptors (Lipinski definition) is 2. The van der Waals surface area contributed by atoms with Gasteiger partial charge in [0.05, 0.1) is 21.6 Å². The summed E-state index contributed by atoms with van der Waals surface area (Å²) in [6.45, 7) is 1.80. The van der Waals surface area contributed by atoms with Crippen molar-refractivity contribution in [2.45, 2.75) is 13.1 Å². The van der Waals surface area contributed by atoms with Crippen LogP contribution in [-0.2, 0) is 6.18 Å². The number of amides is 2. The van der Waals surface area contributed by atoms with E-state index < -0.39 is 22.8 Å². The molecule has 2 amide bonds. The number of fused-ring (bicyclic) bond motifs is 1. The molecule has 3 aromatic rings. The van der Waals surface area contributed by atoms with Crippen LogP contribution in [0.1, 0.15) is 11.4 Å². The number of hydrogen-bond donors (Lipinski definition) is 3. The van der Waals surface area contributed by atoms with E-state index in [1.165, 1.54) is 6.07 Å². The maximum Gasteiger partial charge on any atom is 0.417 e. The lowest BCUT2D eigenvalue weighted by atomic mass is 10.2. The van der Waals surface area contributed by atoms with Crippen molar-refractivity contribution in [2.75, 3.05) is 10.6 Å². The highest BCUT2D eigenvalue weighted by molar-refractivity contribution is 6.31. The topological polar surface area (TPSA) is 69.8 Å². The summed E-state index contributed by atoms with van der Waals surface area (Å²) in [5.41, 5.74) is 0.921. The normalized spacial score (nSPS) is 11.6. The molecule has 3 N–H and O–H groups in total. The average molecular weight is 369 g/mol. The molecule has 0 unspecified atom stereocenters. The van der Waals surface area contributed by atoms with E-state index in [2.05, 4.69) is 20.6 Å². The van der Waals surface area contributed by atoms with E-state index in [0.29, 0.717) is 5.69 Å². The number of urea groups is 1. The van der Waals surface area contributed by atoms with Crippen LogP contribution in [0.5, 0.6) is 0 Å². The summed E-state index contributed by atoms with van der Waals surface area (Å²) in [6, 6.07) is 7.52. The average Bonchev–Trinajstić information content (AvgIpc) is 2.87. The van der Waals surface area contributed by atoms with Gasteiger partial charge < -0.3 is 15.6 Å². The maximum atomic E-state index is 12.8. The van der Waals surface area contributed by atoms with Crippen LogP contribution in [0.4, 0.5) is 29.3 Å². The number of nitrogens with zero attached hydrogens (tertiary/aromatic N) is 1. The third-order valence-corrected chi connectivity index (χ3v) is 3.72. The summed E-state index contributed by atoms with van der Waals surface area (Å²) in [6.07, 6.45) is -4.60. The molecule has 9 heteroatoms. The number of imidazole rings is 1. The molecule has 0 fully saturated rings. The van der Waals surface area contributed by atoms with Gasteiger partial charge in [-0.25, -0.2) is 9.78 Å². The van der Waals surface area contributed by atoms with Gasteiger partial charge in [0.1, 0.15) is 5.82 Å². The zero-order valence-electron chi connectivity index (χ0n) is 12.8. The molecule has 1 aromatic heterocycles. The van der Waals surface area contributed by atoms with Gasteiger partial charge in [-0.05, 0) is 43.3 Å². The number of aromatic amines is 1. The molecule has 0 radical (unpaired) electrons. The summed E-state index contributed by atoms with van der Waals surface area (Å²) in [5, 5.41) is 4.47. The van der Waals surface area contributed by atoms with E-state index in [9.17, 15) is 18.0 Å². The van der Waals surface area contributed by atoms with Crippen molar-refractivity contribution in [3.63, 3.8) is 0 Å². The minimum atomic E-state index is -4.60. The highest BCUT2D eigenvalue weighted by Crippen LogP contribution is 2.36. The van der Waals surface area contributed by atoms with Gasteiger partial charge in [0.25, 0.3) is 0 Å². The molecule has 2 aromatic carbocycles. The number of benzene rings is 2. The van der Waals surface area contributed by atoms with Crippen LogP contribution < -0.4 is 10.6 Å². The fraction of sp³-hybridized carbons (Fsp3) is 0.125. The number of nitrogens with one attached hydrogen (secondary N) is 3. The van der Waals surface area contributed by atoms with Gasteiger partial charge >= 0.3 is 12.2 Å². The predicted octanol–water partition coefficient (Wildman–Crippen LogP) is 5.19. The first-order valence-electron chi connectivity index (χ1n) is 7.13. The Kier molecular flexibility index (Phi) is 4.30. The summed E-state index contributed by atoms with van der Waals surface area (Å²) in [7, 11) is 0. The molecule has 130 valence electrons. The fourth-order valence-electron chi connectivity index (χ4n) is 2.33. The quantitative estimate of drug-likeness (QED) is 0.582. The number of H-pyrrole nitrogens is 1. The molecule has 0 aliphatic heterocycles. The summed E-state index contributed by atoms with van der Waals surface area (Å²) in [4.78, 5) is 19.3. The summed E-state index contributed by atoms with van der Waals surface area (Å²) >= 11 is 5.55. The van der Waals surface area contributed by atoms with E-state index >= 15 is 0 Å². The van der Waals surface area contributed by atoms with E-state index in [0.717, 1.165) is 29.0 Å². The number of aromatic nitrogens is 2. The van der Waals surface area contributed by atoms with Crippen LogP contribution >= 0.6 is 11.6 Å². The SMILES string of the molecule is Cc1nc2ccc(NC(=O)Nc3ccc(Cl)c(C(F)(F)F)c3)cc2[nH]1. The molecular weight excluding hydrogens is 357 g/mol. The summed E-state index contributed by atoms with van der Waals surface area (Å²) in [5.74, 6) is 0.734. The molecule has 0 aliphatic rings. The van der Waals surface area contributed by atoms with Crippen LogP contribution in [0.2, 0.25) is 5.02 Å². The van der Waals surface area contributed by atoms with Crippen molar-refractivity contribution in [3.8, 4) is 0 Å². The standard InChI is InChI=1S/C16H12ClF3N4O/c1-8-21-13-5-3-10(7-14(13)22-8)24-15(25)23-9-2-4-12(17)11(6-9)16(18,19)20/h2-7H,1H3,(H,21,22)(H2,23,24,25). The van der Waals surface area contributed by atoms with Gasteiger partial charge in [-0.2, -0.15) is 13.2 Å². The van der Waals surface area contributed by atoms with Crippen molar-refractivity contribution >= 4 is 40.0 Å². The van der Waals surface area contributed by atoms with E-state index in [1.807, 2.05) is 0 Å². The molecule has 25 heavy (non-hydrogen) atoms. The second kappa shape index (κ2) is 6.29. The van der Waals surface area contributed by atoms with Gasteiger partial charge in [0.2, 0.25) is 0 Å². The van der Waals surface area contributed by atoms with Crippen molar-refractivity contribution in [1.82, 2.24) is 9.97 Å². The van der Waals surface area contributed by atoms with Gasteiger partial charge in [-0.15, -0.1) is 0 Å². The highest BCUT2D eigenvalue weighted by atomic mass is 35.5. The number of alkyl halides is 3. The fourth-order valence-corrected chi connectivity index (χ4v) is 2.55. The Morgan fingerprint density at radius 3 is 2.44 bits per heavy atom. The van der Waals surface area contributed by atoms with Crippen LogP contribution in [0.15, 0.2) is 36.4 Å². The molecule has 0 saturated heterocycles. The molecule has 3 rings (SSSR count). The Morgan fingerprint density at radius 2 is 1.76 bits per heavy atom. The lowest BCUT2D eigenvalue weighted by molar-refractivity contribution is -0.137. The molecule has 5 nitrogen and oxygen atoms in total. The van der Waals surface area contributed by atoms with Crippen LogP contribution in [0, 0.1) is 6.92 Å². The third kappa shape index (κ3) is 3.85. The number of aryl methyl sites for hydroxylation is 1. The largest absolute Gasteiger partial charge is 0.417 e. The van der Waals surface area contributed by atoms with Crippen molar-refractivity contribution < 1.29 is 18.0 Å². The third-order valence-electron chi connectivity index (χ3n) is 3.39. The van der Waals surface area contributed by atoms with Gasteiger partial charge in [0.15, 0.2) is 0 Å². The Balaban J connectivity index is 1.75. The lowest BCUT2D eigenvalue weighted by Crippen LogP contribution is -2.19. The Labute approximate surface area is 145 Å². The van der Waals surface area contributed by atoms with Crippen LogP contribution in [-0.4, -0.2) is 16.0 Å². The Hall–Kier alpha value is -2.74.